The molecule has 0 spiro atoms. The highest BCUT2D eigenvalue weighted by molar-refractivity contribution is 9.10. The number of aliphatic hydroxyl groups is 1. The van der Waals surface area contributed by atoms with Gasteiger partial charge in [0.2, 0.25) is 0 Å². The number of rotatable bonds is 4. The molecule has 0 bridgehead atoms. The Labute approximate surface area is 130 Å². The molecule has 1 heterocycles. The van der Waals surface area contributed by atoms with Gasteiger partial charge < -0.3 is 10.4 Å². The Bertz CT molecular complexity index is 712. The van der Waals surface area contributed by atoms with Gasteiger partial charge in [0.1, 0.15) is 6.10 Å². The van der Waals surface area contributed by atoms with Crippen LogP contribution >= 0.6 is 27.3 Å². The SMILES string of the molecule is OC(CNc1ccc2cc(Br)ccc2c1)c1cccs1. The molecule has 3 aromatic rings. The summed E-state index contributed by atoms with van der Waals surface area (Å²) in [6.45, 7) is 0.516. The Kier molecular flexibility index (Phi) is 4.05. The van der Waals surface area contributed by atoms with Crippen LogP contribution in [-0.2, 0) is 0 Å². The summed E-state index contributed by atoms with van der Waals surface area (Å²) in [6.07, 6.45) is -0.462. The van der Waals surface area contributed by atoms with E-state index < -0.39 is 6.10 Å². The van der Waals surface area contributed by atoms with Crippen LogP contribution in [0.5, 0.6) is 0 Å². The summed E-state index contributed by atoms with van der Waals surface area (Å²) >= 11 is 5.05. The largest absolute Gasteiger partial charge is 0.386 e. The summed E-state index contributed by atoms with van der Waals surface area (Å²) in [7, 11) is 0. The lowest BCUT2D eigenvalue weighted by Crippen LogP contribution is -2.10. The van der Waals surface area contributed by atoms with E-state index in [1.165, 1.54) is 10.8 Å². The second-order valence-corrected chi connectivity index (χ2v) is 6.51. The zero-order valence-corrected chi connectivity index (χ0v) is 13.1. The van der Waals surface area contributed by atoms with Crippen molar-refractivity contribution in [2.45, 2.75) is 6.10 Å². The summed E-state index contributed by atoms with van der Waals surface area (Å²) in [6, 6.07) is 16.3. The quantitative estimate of drug-likeness (QED) is 0.709. The van der Waals surface area contributed by atoms with Gasteiger partial charge in [-0.05, 0) is 46.5 Å². The Balaban J connectivity index is 1.73. The van der Waals surface area contributed by atoms with E-state index in [1.807, 2.05) is 29.6 Å². The number of benzene rings is 2. The topological polar surface area (TPSA) is 32.3 Å². The van der Waals surface area contributed by atoms with Gasteiger partial charge in [0.25, 0.3) is 0 Å². The summed E-state index contributed by atoms with van der Waals surface area (Å²) < 4.78 is 1.08. The molecule has 1 aromatic heterocycles. The first-order valence-electron chi connectivity index (χ1n) is 6.37. The molecule has 0 saturated heterocycles. The highest BCUT2D eigenvalue weighted by Crippen LogP contribution is 2.24. The fourth-order valence-electron chi connectivity index (χ4n) is 2.12. The van der Waals surface area contributed by atoms with Crippen molar-refractivity contribution < 1.29 is 5.11 Å². The third kappa shape index (κ3) is 3.03. The van der Waals surface area contributed by atoms with Gasteiger partial charge in [-0.1, -0.05) is 34.1 Å². The summed E-state index contributed by atoms with van der Waals surface area (Å²) in [5, 5.41) is 17.7. The molecule has 2 N–H and O–H groups in total. The lowest BCUT2D eigenvalue weighted by atomic mass is 10.1. The van der Waals surface area contributed by atoms with E-state index >= 15 is 0 Å². The second-order valence-electron chi connectivity index (χ2n) is 4.62. The molecule has 0 saturated carbocycles. The molecular formula is C16H14BrNOS. The molecule has 0 aliphatic heterocycles. The van der Waals surface area contributed by atoms with Gasteiger partial charge in [-0.15, -0.1) is 11.3 Å². The van der Waals surface area contributed by atoms with E-state index in [0.717, 1.165) is 15.0 Å². The van der Waals surface area contributed by atoms with Crippen molar-refractivity contribution in [1.82, 2.24) is 0 Å². The molecule has 0 amide bonds. The second kappa shape index (κ2) is 5.95. The minimum Gasteiger partial charge on any atom is -0.386 e. The van der Waals surface area contributed by atoms with E-state index in [0.29, 0.717) is 6.54 Å². The molecule has 0 fully saturated rings. The Morgan fingerprint density at radius 1 is 1.10 bits per heavy atom. The highest BCUT2D eigenvalue weighted by Gasteiger charge is 2.08. The standard InChI is InChI=1S/C16H14BrNOS/c17-13-5-3-12-9-14(6-4-11(12)8-13)18-10-15(19)16-2-1-7-20-16/h1-9,15,18-19H,10H2. The number of aliphatic hydroxyl groups excluding tert-OH is 1. The lowest BCUT2D eigenvalue weighted by molar-refractivity contribution is 0.195. The normalized spacial score (nSPS) is 12.5. The Morgan fingerprint density at radius 2 is 1.90 bits per heavy atom. The predicted octanol–water partition coefficient (Wildman–Crippen LogP) is 4.81. The maximum atomic E-state index is 10.1. The Hall–Kier alpha value is -1.36. The van der Waals surface area contributed by atoms with Gasteiger partial charge >= 0.3 is 0 Å². The number of hydrogen-bond donors (Lipinski definition) is 2. The number of fused-ring (bicyclic) bond motifs is 1. The van der Waals surface area contributed by atoms with Crippen molar-refractivity contribution in [3.05, 3.63) is 63.3 Å². The van der Waals surface area contributed by atoms with E-state index in [1.54, 1.807) is 11.3 Å². The van der Waals surface area contributed by atoms with Crippen LogP contribution in [0.4, 0.5) is 5.69 Å². The van der Waals surface area contributed by atoms with Crippen molar-refractivity contribution in [2.24, 2.45) is 0 Å². The van der Waals surface area contributed by atoms with Crippen LogP contribution in [0, 0.1) is 0 Å². The molecule has 0 radical (unpaired) electrons. The van der Waals surface area contributed by atoms with Gasteiger partial charge in [0, 0.05) is 21.6 Å². The molecule has 2 nitrogen and oxygen atoms in total. The molecule has 1 unspecified atom stereocenters. The number of thiophene rings is 1. The average molecular weight is 348 g/mol. The van der Waals surface area contributed by atoms with E-state index in [2.05, 4.69) is 45.5 Å². The fourth-order valence-corrected chi connectivity index (χ4v) is 3.21. The van der Waals surface area contributed by atoms with Crippen LogP contribution < -0.4 is 5.32 Å². The van der Waals surface area contributed by atoms with Gasteiger partial charge in [-0.2, -0.15) is 0 Å². The average Bonchev–Trinajstić information content (AvgIpc) is 2.99. The summed E-state index contributed by atoms with van der Waals surface area (Å²) in [4.78, 5) is 0.988. The zero-order chi connectivity index (χ0) is 13.9. The molecule has 0 aliphatic rings. The van der Waals surface area contributed by atoms with Crippen molar-refractivity contribution in [3.63, 3.8) is 0 Å². The first kappa shape index (κ1) is 13.6. The van der Waals surface area contributed by atoms with Crippen molar-refractivity contribution in [1.29, 1.82) is 0 Å². The van der Waals surface area contributed by atoms with E-state index in [4.69, 9.17) is 0 Å². The summed E-state index contributed by atoms with van der Waals surface area (Å²) in [5.41, 5.74) is 1.02. The molecule has 1 atom stereocenters. The lowest BCUT2D eigenvalue weighted by Gasteiger charge is -2.12. The highest BCUT2D eigenvalue weighted by atomic mass is 79.9. The third-order valence-electron chi connectivity index (χ3n) is 3.17. The molecular weight excluding hydrogens is 334 g/mol. The minimum atomic E-state index is -0.462. The van der Waals surface area contributed by atoms with Crippen molar-refractivity contribution in [2.75, 3.05) is 11.9 Å². The summed E-state index contributed by atoms with van der Waals surface area (Å²) in [5.74, 6) is 0. The minimum absolute atomic E-state index is 0.462. The first-order valence-corrected chi connectivity index (χ1v) is 8.04. The molecule has 4 heteroatoms. The molecule has 3 rings (SSSR count). The van der Waals surface area contributed by atoms with Crippen LogP contribution in [-0.4, -0.2) is 11.7 Å². The maximum Gasteiger partial charge on any atom is 0.105 e. The predicted molar refractivity (Wildman–Crippen MR) is 89.4 cm³/mol. The third-order valence-corrected chi connectivity index (χ3v) is 4.64. The van der Waals surface area contributed by atoms with Crippen LogP contribution in [0.15, 0.2) is 58.4 Å². The van der Waals surface area contributed by atoms with Crippen molar-refractivity contribution >= 4 is 43.7 Å². The molecule has 20 heavy (non-hydrogen) atoms. The van der Waals surface area contributed by atoms with Gasteiger partial charge in [-0.25, -0.2) is 0 Å². The number of anilines is 1. The number of nitrogens with one attached hydrogen (secondary N) is 1. The zero-order valence-electron chi connectivity index (χ0n) is 10.7. The van der Waals surface area contributed by atoms with Gasteiger partial charge in [-0.3, -0.25) is 0 Å². The monoisotopic (exact) mass is 347 g/mol. The maximum absolute atomic E-state index is 10.1. The van der Waals surface area contributed by atoms with Crippen LogP contribution in [0.25, 0.3) is 10.8 Å². The smallest absolute Gasteiger partial charge is 0.105 e. The van der Waals surface area contributed by atoms with E-state index in [-0.39, 0.29) is 0 Å². The van der Waals surface area contributed by atoms with Crippen molar-refractivity contribution in [3.8, 4) is 0 Å². The first-order chi connectivity index (χ1) is 9.72. The number of hydrogen-bond acceptors (Lipinski definition) is 3. The Morgan fingerprint density at radius 3 is 2.70 bits per heavy atom. The number of halogens is 1. The van der Waals surface area contributed by atoms with Crippen LogP contribution in [0.1, 0.15) is 11.0 Å². The van der Waals surface area contributed by atoms with Crippen LogP contribution in [0.2, 0.25) is 0 Å². The van der Waals surface area contributed by atoms with Crippen LogP contribution in [0.3, 0.4) is 0 Å². The molecule has 0 aliphatic carbocycles. The van der Waals surface area contributed by atoms with Gasteiger partial charge in [0.15, 0.2) is 0 Å². The fraction of sp³-hybridized carbons (Fsp3) is 0.125. The molecule has 2 aromatic carbocycles. The van der Waals surface area contributed by atoms with E-state index in [9.17, 15) is 5.11 Å². The molecule has 102 valence electrons. The van der Waals surface area contributed by atoms with Gasteiger partial charge in [0.05, 0.1) is 0 Å².